The third-order valence-corrected chi connectivity index (χ3v) is 5.42. The van der Waals surface area contributed by atoms with Gasteiger partial charge in [-0.15, -0.1) is 11.3 Å². The molecule has 0 saturated heterocycles. The fourth-order valence-electron chi connectivity index (χ4n) is 1.29. The van der Waals surface area contributed by atoms with E-state index in [-0.39, 0.29) is 4.21 Å². The van der Waals surface area contributed by atoms with Gasteiger partial charge in [0.25, 0.3) is 10.0 Å². The molecule has 0 radical (unpaired) electrons. The second-order valence-electron chi connectivity index (χ2n) is 3.68. The number of hydrogen-bond acceptors (Lipinski definition) is 5. The minimum Gasteiger partial charge on any atom is -0.481 e. The molecule has 106 valence electrons. The second-order valence-corrected chi connectivity index (χ2v) is 6.79. The van der Waals surface area contributed by atoms with Gasteiger partial charge in [0.1, 0.15) is 10.3 Å². The lowest BCUT2D eigenvalue weighted by atomic mass is 10.2. The summed E-state index contributed by atoms with van der Waals surface area (Å²) in [6.07, 6.45) is -0.155. The topological polar surface area (TPSA) is 121 Å². The van der Waals surface area contributed by atoms with Gasteiger partial charge in [0.05, 0.1) is 6.42 Å². The molecule has 1 unspecified atom stereocenters. The van der Waals surface area contributed by atoms with Gasteiger partial charge in [0.2, 0.25) is 0 Å². The van der Waals surface area contributed by atoms with Gasteiger partial charge in [-0.2, -0.15) is 4.72 Å². The molecule has 0 aliphatic rings. The van der Waals surface area contributed by atoms with Crippen LogP contribution in [-0.4, -0.2) is 36.6 Å². The van der Waals surface area contributed by atoms with Crippen LogP contribution >= 0.6 is 11.3 Å². The molecule has 0 amide bonds. The molecule has 0 saturated carbocycles. The predicted molar refractivity (Wildman–Crippen MR) is 67.7 cm³/mol. The van der Waals surface area contributed by atoms with Gasteiger partial charge in [-0.05, 0) is 18.6 Å². The van der Waals surface area contributed by atoms with Gasteiger partial charge in [-0.1, -0.05) is 6.92 Å². The minimum atomic E-state index is -4.02. The summed E-state index contributed by atoms with van der Waals surface area (Å²) in [7, 11) is -4.02. The molecule has 1 rings (SSSR count). The molecular formula is C10H13NO6S2. The van der Waals surface area contributed by atoms with Gasteiger partial charge in [-0.3, -0.25) is 9.59 Å². The van der Waals surface area contributed by atoms with E-state index >= 15 is 0 Å². The molecule has 0 aliphatic heterocycles. The van der Waals surface area contributed by atoms with Crippen LogP contribution in [0.5, 0.6) is 0 Å². The fourth-order valence-corrected chi connectivity index (χ4v) is 3.79. The summed E-state index contributed by atoms with van der Waals surface area (Å²) in [5.74, 6) is -2.92. The third kappa shape index (κ3) is 4.30. The minimum absolute atomic E-state index is 0.0269. The quantitative estimate of drug-likeness (QED) is 0.675. The first-order valence-electron chi connectivity index (χ1n) is 5.32. The monoisotopic (exact) mass is 307 g/mol. The smallest absolute Gasteiger partial charge is 0.322 e. The molecule has 0 aromatic carbocycles. The Kier molecular flexibility index (Phi) is 5.04. The molecule has 7 nitrogen and oxygen atoms in total. The Morgan fingerprint density at radius 3 is 2.42 bits per heavy atom. The van der Waals surface area contributed by atoms with Crippen molar-refractivity contribution in [2.45, 2.75) is 30.0 Å². The highest BCUT2D eigenvalue weighted by Gasteiger charge is 2.28. The summed E-state index contributed by atoms with van der Waals surface area (Å²) >= 11 is 1.02. The molecule has 1 aromatic rings. The number of carbonyl (C=O) groups is 2. The summed E-state index contributed by atoms with van der Waals surface area (Å²) in [6.45, 7) is 1.86. The van der Waals surface area contributed by atoms with Crippen LogP contribution < -0.4 is 4.72 Å². The first kappa shape index (κ1) is 15.6. The maximum atomic E-state index is 11.9. The standard InChI is InChI=1S/C10H13NO6S2/c1-2-6-3-4-9(18-6)19(16,17)11-7(10(14)15)5-8(12)13/h3-4,7,11H,2,5H2,1H3,(H,12,13)(H,14,15). The van der Waals surface area contributed by atoms with Crippen LogP contribution in [0.15, 0.2) is 16.3 Å². The average molecular weight is 307 g/mol. The molecule has 3 N–H and O–H groups in total. The maximum Gasteiger partial charge on any atom is 0.322 e. The van der Waals surface area contributed by atoms with Crippen LogP contribution in [-0.2, 0) is 26.0 Å². The molecule has 9 heteroatoms. The van der Waals surface area contributed by atoms with Gasteiger partial charge < -0.3 is 10.2 Å². The number of sulfonamides is 1. The summed E-state index contributed by atoms with van der Waals surface area (Å²) in [5.41, 5.74) is 0. The molecule has 0 spiro atoms. The van der Waals surface area contributed by atoms with Crippen molar-refractivity contribution in [1.29, 1.82) is 0 Å². The van der Waals surface area contributed by atoms with Crippen molar-refractivity contribution < 1.29 is 28.2 Å². The van der Waals surface area contributed by atoms with E-state index < -0.39 is 34.4 Å². The van der Waals surface area contributed by atoms with Crippen molar-refractivity contribution in [3.8, 4) is 0 Å². The van der Waals surface area contributed by atoms with Crippen molar-refractivity contribution in [1.82, 2.24) is 4.72 Å². The molecule has 0 fully saturated rings. The molecule has 1 atom stereocenters. The van der Waals surface area contributed by atoms with Crippen molar-refractivity contribution in [3.63, 3.8) is 0 Å². The Balaban J connectivity index is 2.93. The third-order valence-electron chi connectivity index (χ3n) is 2.22. The lowest BCUT2D eigenvalue weighted by Crippen LogP contribution is -2.41. The van der Waals surface area contributed by atoms with Crippen LogP contribution in [0.3, 0.4) is 0 Å². The number of rotatable bonds is 7. The van der Waals surface area contributed by atoms with Crippen molar-refractivity contribution in [2.75, 3.05) is 0 Å². The number of thiophene rings is 1. The Hall–Kier alpha value is -1.45. The number of aryl methyl sites for hydroxylation is 1. The first-order valence-corrected chi connectivity index (χ1v) is 7.62. The van der Waals surface area contributed by atoms with E-state index in [9.17, 15) is 18.0 Å². The van der Waals surface area contributed by atoms with Gasteiger partial charge >= 0.3 is 11.9 Å². The van der Waals surface area contributed by atoms with Crippen LogP contribution in [0.4, 0.5) is 0 Å². The number of aliphatic carboxylic acids is 2. The van der Waals surface area contributed by atoms with E-state index in [4.69, 9.17) is 10.2 Å². The summed E-state index contributed by atoms with van der Waals surface area (Å²) < 4.78 is 25.7. The van der Waals surface area contributed by atoms with E-state index in [1.54, 1.807) is 6.07 Å². The summed E-state index contributed by atoms with van der Waals surface area (Å²) in [5, 5.41) is 17.3. The Morgan fingerprint density at radius 1 is 1.37 bits per heavy atom. The van der Waals surface area contributed by atoms with E-state index in [1.165, 1.54) is 6.07 Å². The highest BCUT2D eigenvalue weighted by molar-refractivity contribution is 7.91. The highest BCUT2D eigenvalue weighted by atomic mass is 32.2. The second kappa shape index (κ2) is 6.13. The lowest BCUT2D eigenvalue weighted by molar-refractivity contribution is -0.145. The van der Waals surface area contributed by atoms with Crippen LogP contribution in [0.2, 0.25) is 0 Å². The Morgan fingerprint density at radius 2 is 2.00 bits per heavy atom. The largest absolute Gasteiger partial charge is 0.481 e. The first-order chi connectivity index (χ1) is 8.76. The zero-order valence-electron chi connectivity index (χ0n) is 9.99. The molecular weight excluding hydrogens is 294 g/mol. The molecule has 0 aliphatic carbocycles. The summed E-state index contributed by atoms with van der Waals surface area (Å²) in [4.78, 5) is 22.1. The fraction of sp³-hybridized carbons (Fsp3) is 0.400. The van der Waals surface area contributed by atoms with E-state index in [0.717, 1.165) is 16.2 Å². The highest BCUT2D eigenvalue weighted by Crippen LogP contribution is 2.22. The number of carboxylic acids is 2. The zero-order chi connectivity index (χ0) is 14.6. The predicted octanol–water partition coefficient (Wildman–Crippen LogP) is 0.517. The van der Waals surface area contributed by atoms with E-state index in [0.29, 0.717) is 6.42 Å². The van der Waals surface area contributed by atoms with E-state index in [2.05, 4.69) is 0 Å². The molecule has 1 aromatic heterocycles. The average Bonchev–Trinajstić information content (AvgIpc) is 2.76. The lowest BCUT2D eigenvalue weighted by Gasteiger charge is -2.11. The SMILES string of the molecule is CCc1ccc(S(=O)(=O)NC(CC(=O)O)C(=O)O)s1. The molecule has 1 heterocycles. The van der Waals surface area contributed by atoms with Crippen LogP contribution in [0.1, 0.15) is 18.2 Å². The maximum absolute atomic E-state index is 11.9. The number of nitrogens with one attached hydrogen (secondary N) is 1. The van der Waals surface area contributed by atoms with Crippen molar-refractivity contribution >= 4 is 33.3 Å². The molecule has 19 heavy (non-hydrogen) atoms. The zero-order valence-corrected chi connectivity index (χ0v) is 11.6. The van der Waals surface area contributed by atoms with Crippen LogP contribution in [0.25, 0.3) is 0 Å². The number of hydrogen-bond donors (Lipinski definition) is 3. The summed E-state index contributed by atoms with van der Waals surface area (Å²) in [6, 6.07) is 1.31. The van der Waals surface area contributed by atoms with Crippen molar-refractivity contribution in [2.24, 2.45) is 0 Å². The molecule has 0 bridgehead atoms. The Bertz CT molecular complexity index is 577. The van der Waals surface area contributed by atoms with Crippen LogP contribution in [0, 0.1) is 0 Å². The van der Waals surface area contributed by atoms with Gasteiger partial charge in [0, 0.05) is 4.88 Å². The van der Waals surface area contributed by atoms with Gasteiger partial charge in [0.15, 0.2) is 0 Å². The normalized spacial score (nSPS) is 13.1. The number of carboxylic acid groups (broad SMARTS) is 2. The van der Waals surface area contributed by atoms with Crippen molar-refractivity contribution in [3.05, 3.63) is 17.0 Å². The Labute approximate surface area is 113 Å². The van der Waals surface area contributed by atoms with E-state index in [1.807, 2.05) is 11.6 Å². The van der Waals surface area contributed by atoms with Gasteiger partial charge in [-0.25, -0.2) is 8.42 Å².